The predicted octanol–water partition coefficient (Wildman–Crippen LogP) is 1.85. The van der Waals surface area contributed by atoms with Gasteiger partial charge < -0.3 is 15.8 Å². The van der Waals surface area contributed by atoms with E-state index < -0.39 is 12.0 Å². The SMILES string of the molecule is COC(=O)C(CNC(=O)[C@@H](N)C(C)C)Cc1cccc(C)c1.Cl. The van der Waals surface area contributed by atoms with E-state index >= 15 is 0 Å². The van der Waals surface area contributed by atoms with E-state index in [0.717, 1.165) is 11.1 Å². The molecular formula is C17H27ClN2O3. The van der Waals surface area contributed by atoms with Crippen LogP contribution in [0, 0.1) is 18.8 Å². The number of carbonyl (C=O) groups excluding carboxylic acids is 2. The topological polar surface area (TPSA) is 81.4 Å². The highest BCUT2D eigenvalue weighted by atomic mass is 35.5. The van der Waals surface area contributed by atoms with Gasteiger partial charge in [0.05, 0.1) is 19.1 Å². The molecule has 1 amide bonds. The minimum Gasteiger partial charge on any atom is -0.469 e. The number of ether oxygens (including phenoxy) is 1. The molecule has 0 radical (unpaired) electrons. The number of esters is 1. The summed E-state index contributed by atoms with van der Waals surface area (Å²) in [6, 6.07) is 7.37. The molecule has 1 rings (SSSR count). The Morgan fingerprint density at radius 3 is 2.48 bits per heavy atom. The van der Waals surface area contributed by atoms with E-state index in [0.29, 0.717) is 6.42 Å². The van der Waals surface area contributed by atoms with Crippen LogP contribution in [-0.4, -0.2) is 31.6 Å². The van der Waals surface area contributed by atoms with E-state index in [1.165, 1.54) is 7.11 Å². The van der Waals surface area contributed by atoms with Crippen LogP contribution in [0.15, 0.2) is 24.3 Å². The number of halogens is 1. The van der Waals surface area contributed by atoms with Gasteiger partial charge in [0.1, 0.15) is 0 Å². The highest BCUT2D eigenvalue weighted by Gasteiger charge is 2.23. The lowest BCUT2D eigenvalue weighted by Crippen LogP contribution is -2.46. The molecule has 0 aliphatic rings. The number of nitrogens with two attached hydrogens (primary N) is 1. The maximum Gasteiger partial charge on any atom is 0.310 e. The summed E-state index contributed by atoms with van der Waals surface area (Å²) in [5, 5.41) is 2.75. The van der Waals surface area contributed by atoms with Gasteiger partial charge in [-0.3, -0.25) is 9.59 Å². The molecule has 0 bridgehead atoms. The number of amides is 1. The molecule has 1 aromatic rings. The molecule has 0 saturated heterocycles. The van der Waals surface area contributed by atoms with Crippen LogP contribution in [0.5, 0.6) is 0 Å². The van der Waals surface area contributed by atoms with E-state index in [2.05, 4.69) is 5.32 Å². The number of rotatable bonds is 7. The second-order valence-corrected chi connectivity index (χ2v) is 5.93. The van der Waals surface area contributed by atoms with E-state index in [4.69, 9.17) is 10.5 Å². The van der Waals surface area contributed by atoms with Crippen LogP contribution < -0.4 is 11.1 Å². The van der Waals surface area contributed by atoms with Gasteiger partial charge in [-0.15, -0.1) is 12.4 Å². The number of benzene rings is 1. The summed E-state index contributed by atoms with van der Waals surface area (Å²) < 4.78 is 4.83. The Bertz CT molecular complexity index is 520. The van der Waals surface area contributed by atoms with Crippen molar-refractivity contribution in [3.05, 3.63) is 35.4 Å². The summed E-state index contributed by atoms with van der Waals surface area (Å²) in [6.45, 7) is 5.99. The average Bonchev–Trinajstić information content (AvgIpc) is 2.49. The molecule has 0 aromatic heterocycles. The normalized spacial score (nSPS) is 13.0. The summed E-state index contributed by atoms with van der Waals surface area (Å²) in [6.07, 6.45) is 0.519. The van der Waals surface area contributed by atoms with Gasteiger partial charge in [-0.2, -0.15) is 0 Å². The van der Waals surface area contributed by atoms with Crippen molar-refractivity contribution in [1.82, 2.24) is 5.32 Å². The molecule has 1 unspecified atom stereocenters. The Labute approximate surface area is 144 Å². The lowest BCUT2D eigenvalue weighted by molar-refractivity contribution is -0.145. The van der Waals surface area contributed by atoms with Gasteiger partial charge in [-0.1, -0.05) is 43.7 Å². The number of hydrogen-bond donors (Lipinski definition) is 2. The summed E-state index contributed by atoms with van der Waals surface area (Å²) in [4.78, 5) is 23.8. The molecule has 0 aliphatic heterocycles. The van der Waals surface area contributed by atoms with Gasteiger partial charge in [0.2, 0.25) is 5.91 Å². The molecule has 0 spiro atoms. The van der Waals surface area contributed by atoms with Gasteiger partial charge in [0, 0.05) is 6.54 Å². The fourth-order valence-corrected chi connectivity index (χ4v) is 2.17. The fourth-order valence-electron chi connectivity index (χ4n) is 2.17. The summed E-state index contributed by atoms with van der Waals surface area (Å²) in [7, 11) is 1.35. The van der Waals surface area contributed by atoms with Crippen LogP contribution in [-0.2, 0) is 20.7 Å². The van der Waals surface area contributed by atoms with Crippen LogP contribution in [0.1, 0.15) is 25.0 Å². The van der Waals surface area contributed by atoms with Crippen molar-refractivity contribution < 1.29 is 14.3 Å². The van der Waals surface area contributed by atoms with Crippen LogP contribution in [0.3, 0.4) is 0 Å². The van der Waals surface area contributed by atoms with Crippen molar-refractivity contribution in [2.45, 2.75) is 33.2 Å². The van der Waals surface area contributed by atoms with E-state index in [1.54, 1.807) is 0 Å². The fraction of sp³-hybridized carbons (Fsp3) is 0.529. The first-order chi connectivity index (χ1) is 10.3. The van der Waals surface area contributed by atoms with Crippen LogP contribution in [0.4, 0.5) is 0 Å². The Morgan fingerprint density at radius 1 is 1.30 bits per heavy atom. The quantitative estimate of drug-likeness (QED) is 0.741. The first-order valence-corrected chi connectivity index (χ1v) is 7.51. The Kier molecular flexibility index (Phi) is 9.53. The molecule has 6 heteroatoms. The van der Waals surface area contributed by atoms with Gasteiger partial charge in [0.15, 0.2) is 0 Å². The number of carbonyl (C=O) groups is 2. The number of nitrogens with one attached hydrogen (secondary N) is 1. The van der Waals surface area contributed by atoms with E-state index in [1.807, 2.05) is 45.0 Å². The second-order valence-electron chi connectivity index (χ2n) is 5.93. The van der Waals surface area contributed by atoms with Crippen molar-refractivity contribution >= 4 is 24.3 Å². The monoisotopic (exact) mass is 342 g/mol. The molecule has 5 nitrogen and oxygen atoms in total. The molecule has 130 valence electrons. The van der Waals surface area contributed by atoms with Crippen molar-refractivity contribution in [3.8, 4) is 0 Å². The van der Waals surface area contributed by atoms with Crippen molar-refractivity contribution in [3.63, 3.8) is 0 Å². The number of hydrogen-bond acceptors (Lipinski definition) is 4. The number of methoxy groups -OCH3 is 1. The number of aryl methyl sites for hydroxylation is 1. The summed E-state index contributed by atoms with van der Waals surface area (Å²) in [5.41, 5.74) is 7.97. The molecular weight excluding hydrogens is 316 g/mol. The molecule has 2 atom stereocenters. The minimum atomic E-state index is -0.572. The van der Waals surface area contributed by atoms with Crippen molar-refractivity contribution in [2.75, 3.05) is 13.7 Å². The summed E-state index contributed by atoms with van der Waals surface area (Å²) in [5.74, 6) is -0.948. The maximum absolute atomic E-state index is 11.9. The Morgan fingerprint density at radius 2 is 1.96 bits per heavy atom. The van der Waals surface area contributed by atoms with E-state index in [-0.39, 0.29) is 36.7 Å². The second kappa shape index (κ2) is 10.2. The molecule has 0 saturated carbocycles. The Balaban J connectivity index is 0.00000484. The van der Waals surface area contributed by atoms with Gasteiger partial charge in [-0.05, 0) is 24.8 Å². The lowest BCUT2D eigenvalue weighted by Gasteiger charge is -2.19. The highest BCUT2D eigenvalue weighted by molar-refractivity contribution is 5.85. The third kappa shape index (κ3) is 7.01. The molecule has 0 fully saturated rings. The van der Waals surface area contributed by atoms with E-state index in [9.17, 15) is 9.59 Å². The smallest absolute Gasteiger partial charge is 0.310 e. The zero-order valence-electron chi connectivity index (χ0n) is 14.2. The zero-order valence-corrected chi connectivity index (χ0v) is 15.0. The first kappa shape index (κ1) is 21.4. The minimum absolute atomic E-state index is 0. The molecule has 3 N–H and O–H groups in total. The van der Waals surface area contributed by atoms with Crippen molar-refractivity contribution in [1.29, 1.82) is 0 Å². The van der Waals surface area contributed by atoms with Gasteiger partial charge in [0.25, 0.3) is 0 Å². The van der Waals surface area contributed by atoms with Crippen molar-refractivity contribution in [2.24, 2.45) is 17.6 Å². The van der Waals surface area contributed by atoms with Crippen LogP contribution >= 0.6 is 12.4 Å². The van der Waals surface area contributed by atoms with Gasteiger partial charge >= 0.3 is 5.97 Å². The zero-order chi connectivity index (χ0) is 16.7. The third-order valence-corrected chi connectivity index (χ3v) is 3.64. The maximum atomic E-state index is 11.9. The summed E-state index contributed by atoms with van der Waals surface area (Å²) >= 11 is 0. The highest BCUT2D eigenvalue weighted by Crippen LogP contribution is 2.12. The molecule has 1 aromatic carbocycles. The molecule has 0 heterocycles. The van der Waals surface area contributed by atoms with Gasteiger partial charge in [-0.25, -0.2) is 0 Å². The predicted molar refractivity (Wildman–Crippen MR) is 93.5 cm³/mol. The largest absolute Gasteiger partial charge is 0.469 e. The third-order valence-electron chi connectivity index (χ3n) is 3.64. The standard InChI is InChI=1S/C17H26N2O3.ClH/c1-11(2)15(18)16(20)19-10-14(17(21)22-4)9-13-7-5-6-12(3)8-13;/h5-8,11,14-15H,9-10,18H2,1-4H3,(H,19,20);1H/t14?,15-;/m0./s1. The van der Waals surface area contributed by atoms with Crippen LogP contribution in [0.2, 0.25) is 0 Å². The van der Waals surface area contributed by atoms with Crippen LogP contribution in [0.25, 0.3) is 0 Å². The average molecular weight is 343 g/mol. The first-order valence-electron chi connectivity index (χ1n) is 7.51. The molecule has 0 aliphatic carbocycles. The lowest BCUT2D eigenvalue weighted by atomic mass is 9.97. The Hall–Kier alpha value is -1.59. The molecule has 23 heavy (non-hydrogen) atoms.